The molecule has 0 N–H and O–H groups in total. The van der Waals surface area contributed by atoms with Gasteiger partial charge in [0.25, 0.3) is 0 Å². The minimum Gasteiger partial charge on any atom is -0.288 e. The molecule has 0 aliphatic carbocycles. The Labute approximate surface area is 221 Å². The van der Waals surface area contributed by atoms with Crippen molar-refractivity contribution >= 4 is 58.0 Å². The van der Waals surface area contributed by atoms with E-state index in [-0.39, 0.29) is 42.6 Å². The van der Waals surface area contributed by atoms with Gasteiger partial charge < -0.3 is 0 Å². The number of unbranched alkanes of at least 4 members (excludes halogenated alkanes) is 5. The van der Waals surface area contributed by atoms with Gasteiger partial charge in [-0.05, 0) is 42.7 Å². The molecule has 0 radical (unpaired) electrons. The molecule has 0 amide bonds. The Balaban J connectivity index is 2.07. The first-order valence-electron chi connectivity index (χ1n) is 11.5. The van der Waals surface area contributed by atoms with Gasteiger partial charge in [-0.15, -0.1) is 0 Å². The SMILES string of the molecule is CCCCCCCCc1cccc(C(=O)c2c(Cl)cccc2Cl)c1C(=O)c1c(Cl)cccc1Cl. The van der Waals surface area contributed by atoms with Crippen LogP contribution in [0.25, 0.3) is 0 Å². The Morgan fingerprint density at radius 3 is 1.62 bits per heavy atom. The predicted octanol–water partition coefficient (Wildman–Crippen LogP) is 9.67. The lowest BCUT2D eigenvalue weighted by atomic mass is 9.87. The van der Waals surface area contributed by atoms with E-state index >= 15 is 0 Å². The van der Waals surface area contributed by atoms with Crippen LogP contribution < -0.4 is 0 Å². The minimum atomic E-state index is -0.410. The zero-order valence-corrected chi connectivity index (χ0v) is 22.0. The number of benzene rings is 3. The highest BCUT2D eigenvalue weighted by molar-refractivity contribution is 6.43. The second-order valence-electron chi connectivity index (χ2n) is 8.21. The molecular formula is C28H26Cl4O2. The Hall–Kier alpha value is -1.84. The fraction of sp³-hybridized carbons (Fsp3) is 0.286. The highest BCUT2D eigenvalue weighted by atomic mass is 35.5. The van der Waals surface area contributed by atoms with Crippen molar-refractivity contribution in [3.63, 3.8) is 0 Å². The van der Waals surface area contributed by atoms with Crippen molar-refractivity contribution in [1.29, 1.82) is 0 Å². The average molecular weight is 536 g/mol. The number of ketones is 2. The summed E-state index contributed by atoms with van der Waals surface area (Å²) < 4.78 is 0. The van der Waals surface area contributed by atoms with Crippen LogP contribution in [0.1, 0.15) is 82.9 Å². The highest BCUT2D eigenvalue weighted by Crippen LogP contribution is 2.33. The van der Waals surface area contributed by atoms with Gasteiger partial charge in [0.2, 0.25) is 0 Å². The summed E-state index contributed by atoms with van der Waals surface area (Å²) in [6, 6.07) is 15.1. The number of rotatable bonds is 11. The van der Waals surface area contributed by atoms with E-state index in [0.29, 0.717) is 12.0 Å². The lowest BCUT2D eigenvalue weighted by Crippen LogP contribution is -2.15. The van der Waals surface area contributed by atoms with Crippen LogP contribution in [0.4, 0.5) is 0 Å². The normalized spacial score (nSPS) is 11.0. The Morgan fingerprint density at radius 2 is 1.06 bits per heavy atom. The van der Waals surface area contributed by atoms with E-state index in [1.807, 2.05) is 6.07 Å². The lowest BCUT2D eigenvalue weighted by molar-refractivity contribution is 0.100. The zero-order valence-electron chi connectivity index (χ0n) is 19.0. The van der Waals surface area contributed by atoms with Gasteiger partial charge in [-0.1, -0.05) is 116 Å². The fourth-order valence-corrected chi connectivity index (χ4v) is 5.19. The molecule has 3 aromatic rings. The molecule has 3 aromatic carbocycles. The summed E-state index contributed by atoms with van der Waals surface area (Å²) in [5, 5.41) is 0.933. The van der Waals surface area contributed by atoms with E-state index in [9.17, 15) is 9.59 Å². The van der Waals surface area contributed by atoms with Crippen molar-refractivity contribution in [3.05, 3.63) is 103 Å². The molecule has 0 aliphatic heterocycles. The summed E-state index contributed by atoms with van der Waals surface area (Å²) in [7, 11) is 0. The van der Waals surface area contributed by atoms with Crippen LogP contribution >= 0.6 is 46.4 Å². The van der Waals surface area contributed by atoms with E-state index in [1.54, 1.807) is 48.5 Å². The monoisotopic (exact) mass is 534 g/mol. The highest BCUT2D eigenvalue weighted by Gasteiger charge is 2.27. The third kappa shape index (κ3) is 6.23. The molecule has 2 nitrogen and oxygen atoms in total. The molecule has 0 heterocycles. The predicted molar refractivity (Wildman–Crippen MR) is 143 cm³/mol. The second-order valence-corrected chi connectivity index (χ2v) is 9.84. The molecule has 0 spiro atoms. The topological polar surface area (TPSA) is 34.1 Å². The van der Waals surface area contributed by atoms with Crippen molar-refractivity contribution < 1.29 is 9.59 Å². The van der Waals surface area contributed by atoms with Gasteiger partial charge in [0.05, 0.1) is 31.2 Å². The van der Waals surface area contributed by atoms with Crippen LogP contribution in [0.5, 0.6) is 0 Å². The quantitative estimate of drug-likeness (QED) is 0.181. The molecule has 0 unspecified atom stereocenters. The molecule has 0 fully saturated rings. The van der Waals surface area contributed by atoms with E-state index < -0.39 is 5.78 Å². The maximum Gasteiger partial charge on any atom is 0.197 e. The molecule has 0 aromatic heterocycles. The molecule has 3 rings (SSSR count). The van der Waals surface area contributed by atoms with Gasteiger partial charge in [0, 0.05) is 11.1 Å². The van der Waals surface area contributed by atoms with Crippen molar-refractivity contribution in [2.24, 2.45) is 0 Å². The number of hydrogen-bond donors (Lipinski definition) is 0. The molecule has 6 heteroatoms. The Morgan fingerprint density at radius 1 is 0.588 bits per heavy atom. The smallest absolute Gasteiger partial charge is 0.197 e. The van der Waals surface area contributed by atoms with Crippen LogP contribution in [-0.4, -0.2) is 11.6 Å². The average Bonchev–Trinajstić information content (AvgIpc) is 2.80. The standard InChI is InChI=1S/C28H26Cl4O2/c1-2-3-4-5-6-7-11-18-12-8-13-19(27(33)25-20(29)14-9-15-21(25)30)24(18)28(34)26-22(31)16-10-17-23(26)32/h8-10,12-17H,2-7,11H2,1H3. The molecular weight excluding hydrogens is 510 g/mol. The maximum atomic E-state index is 13.8. The van der Waals surface area contributed by atoms with Crippen LogP contribution in [0.2, 0.25) is 20.1 Å². The minimum absolute atomic E-state index is 0.168. The number of carbonyl (C=O) groups is 2. The van der Waals surface area contributed by atoms with Crippen molar-refractivity contribution in [1.82, 2.24) is 0 Å². The Bertz CT molecular complexity index is 1150. The number of aryl methyl sites for hydroxylation is 1. The lowest BCUT2D eigenvalue weighted by Gasteiger charge is -2.16. The van der Waals surface area contributed by atoms with Crippen LogP contribution in [-0.2, 0) is 6.42 Å². The van der Waals surface area contributed by atoms with Gasteiger partial charge in [-0.2, -0.15) is 0 Å². The van der Waals surface area contributed by atoms with Crippen LogP contribution in [0.3, 0.4) is 0 Å². The molecule has 0 atom stereocenters. The molecule has 0 bridgehead atoms. The summed E-state index contributed by atoms with van der Waals surface area (Å²) in [5.74, 6) is -0.796. The first kappa shape index (κ1) is 26.8. The third-order valence-electron chi connectivity index (χ3n) is 5.80. The number of halogens is 4. The van der Waals surface area contributed by atoms with Gasteiger partial charge in [0.15, 0.2) is 11.6 Å². The Kier molecular flexibility index (Phi) is 10.0. The molecule has 178 valence electrons. The summed E-state index contributed by atoms with van der Waals surface area (Å²) in [6.07, 6.45) is 7.36. The fourth-order valence-electron chi connectivity index (χ4n) is 4.05. The first-order valence-corrected chi connectivity index (χ1v) is 13.0. The second kappa shape index (κ2) is 12.7. The van der Waals surface area contributed by atoms with Crippen LogP contribution in [0, 0.1) is 0 Å². The summed E-state index contributed by atoms with van der Waals surface area (Å²) >= 11 is 25.4. The van der Waals surface area contributed by atoms with Crippen molar-refractivity contribution in [3.8, 4) is 0 Å². The van der Waals surface area contributed by atoms with Gasteiger partial charge >= 0.3 is 0 Å². The van der Waals surface area contributed by atoms with E-state index in [2.05, 4.69) is 6.92 Å². The largest absolute Gasteiger partial charge is 0.288 e. The number of hydrogen-bond acceptors (Lipinski definition) is 2. The van der Waals surface area contributed by atoms with Crippen molar-refractivity contribution in [2.75, 3.05) is 0 Å². The summed E-state index contributed by atoms with van der Waals surface area (Å²) in [4.78, 5) is 27.4. The summed E-state index contributed by atoms with van der Waals surface area (Å²) in [6.45, 7) is 2.19. The van der Waals surface area contributed by atoms with E-state index in [4.69, 9.17) is 46.4 Å². The van der Waals surface area contributed by atoms with Crippen molar-refractivity contribution in [2.45, 2.75) is 51.9 Å². The third-order valence-corrected chi connectivity index (χ3v) is 7.06. The number of carbonyl (C=O) groups excluding carboxylic acids is 2. The molecule has 0 saturated heterocycles. The van der Waals surface area contributed by atoms with Gasteiger partial charge in [0.1, 0.15) is 0 Å². The van der Waals surface area contributed by atoms with Gasteiger partial charge in [-0.3, -0.25) is 9.59 Å². The first-order chi connectivity index (χ1) is 16.4. The summed E-state index contributed by atoms with van der Waals surface area (Å²) in [5.41, 5.74) is 1.67. The van der Waals surface area contributed by atoms with E-state index in [1.165, 1.54) is 19.3 Å². The molecule has 0 aliphatic rings. The zero-order chi connectivity index (χ0) is 24.7. The maximum absolute atomic E-state index is 13.8. The van der Waals surface area contributed by atoms with E-state index in [0.717, 1.165) is 24.8 Å². The molecule has 0 saturated carbocycles. The van der Waals surface area contributed by atoms with Gasteiger partial charge in [-0.25, -0.2) is 0 Å². The molecule has 34 heavy (non-hydrogen) atoms. The van der Waals surface area contributed by atoms with Crippen LogP contribution in [0.15, 0.2) is 54.6 Å².